The van der Waals surface area contributed by atoms with E-state index in [2.05, 4.69) is 58.5 Å². The van der Waals surface area contributed by atoms with Gasteiger partial charge in [-0.15, -0.1) is 10.2 Å². The highest BCUT2D eigenvalue weighted by Crippen LogP contribution is 2.50. The van der Waals surface area contributed by atoms with Crippen molar-refractivity contribution in [2.75, 3.05) is 0 Å². The number of nitrogens with one attached hydrogen (secondary N) is 2. The van der Waals surface area contributed by atoms with Gasteiger partial charge < -0.3 is 10.2 Å². The zero-order valence-electron chi connectivity index (χ0n) is 25.6. The third kappa shape index (κ3) is 6.51. The van der Waals surface area contributed by atoms with Crippen molar-refractivity contribution in [3.05, 3.63) is 76.1 Å². The second kappa shape index (κ2) is 13.0. The summed E-state index contributed by atoms with van der Waals surface area (Å²) in [6.07, 6.45) is 7.63. The van der Waals surface area contributed by atoms with Crippen molar-refractivity contribution in [2.45, 2.75) is 97.3 Å². The van der Waals surface area contributed by atoms with Gasteiger partial charge in [-0.05, 0) is 73.3 Å². The summed E-state index contributed by atoms with van der Waals surface area (Å²) >= 11 is 6.36. The molecule has 1 spiro atoms. The van der Waals surface area contributed by atoms with Crippen LogP contribution in [-0.4, -0.2) is 48.7 Å². The summed E-state index contributed by atoms with van der Waals surface area (Å²) in [7, 11) is 0. The number of aromatic nitrogens is 4. The highest BCUT2D eigenvalue weighted by molar-refractivity contribution is 6.47. The van der Waals surface area contributed by atoms with Crippen molar-refractivity contribution in [1.82, 2.24) is 30.8 Å². The van der Waals surface area contributed by atoms with Gasteiger partial charge in [-0.3, -0.25) is 14.6 Å². The van der Waals surface area contributed by atoms with E-state index in [4.69, 9.17) is 16.6 Å². The van der Waals surface area contributed by atoms with E-state index in [9.17, 15) is 9.59 Å². The molecule has 0 radical (unpaired) electrons. The molecule has 10 heteroatoms. The molecule has 9 nitrogen and oxygen atoms in total. The average Bonchev–Trinajstić information content (AvgIpc) is 3.63. The van der Waals surface area contributed by atoms with Gasteiger partial charge in [-0.1, -0.05) is 88.0 Å². The fourth-order valence-corrected chi connectivity index (χ4v) is 6.78. The van der Waals surface area contributed by atoms with Gasteiger partial charge in [0, 0.05) is 16.1 Å². The van der Waals surface area contributed by atoms with Crippen molar-refractivity contribution < 1.29 is 9.59 Å². The molecule has 228 valence electrons. The number of H-pyrrole nitrogens is 1. The number of tetrazole rings is 1. The number of halogens is 1. The van der Waals surface area contributed by atoms with Crippen LogP contribution in [0.25, 0.3) is 0 Å². The van der Waals surface area contributed by atoms with E-state index in [1.54, 1.807) is 0 Å². The minimum absolute atomic E-state index is 0.0431. The Hall–Kier alpha value is -3.59. The Labute approximate surface area is 258 Å². The molecule has 1 aliphatic heterocycles. The van der Waals surface area contributed by atoms with Gasteiger partial charge in [0.15, 0.2) is 5.82 Å². The van der Waals surface area contributed by atoms with Crippen LogP contribution in [0.3, 0.4) is 0 Å². The van der Waals surface area contributed by atoms with Crippen LogP contribution in [0.5, 0.6) is 0 Å². The van der Waals surface area contributed by atoms with Crippen molar-refractivity contribution >= 4 is 29.1 Å². The number of rotatable bonds is 11. The molecule has 5 rings (SSSR count). The van der Waals surface area contributed by atoms with Crippen LogP contribution < -0.4 is 5.32 Å². The molecule has 0 unspecified atom stereocenters. The molecule has 1 saturated carbocycles. The van der Waals surface area contributed by atoms with Crippen molar-refractivity contribution in [3.63, 3.8) is 0 Å². The van der Waals surface area contributed by atoms with Crippen LogP contribution in [0.1, 0.15) is 112 Å². The van der Waals surface area contributed by atoms with Crippen LogP contribution in [0.15, 0.2) is 53.5 Å². The first-order valence-corrected chi connectivity index (χ1v) is 15.8. The Balaban J connectivity index is 1.46. The lowest BCUT2D eigenvalue weighted by atomic mass is 9.67. The van der Waals surface area contributed by atoms with E-state index in [1.165, 1.54) is 0 Å². The van der Waals surface area contributed by atoms with E-state index in [0.717, 1.165) is 62.5 Å². The summed E-state index contributed by atoms with van der Waals surface area (Å²) in [5.41, 5.74) is 2.44. The second-order valence-corrected chi connectivity index (χ2v) is 13.0. The minimum Gasteiger partial charge on any atom is -0.345 e. The smallest absolute Gasteiger partial charge is 0.275 e. The van der Waals surface area contributed by atoms with Crippen molar-refractivity contribution in [1.29, 1.82) is 0 Å². The SMILES string of the molecule is CCCC[C@H](c1ccc(C(=O)NCc2nn[nH]n2)cc1)N1C(=O)C(c2cccc(Cl)c2)=NC12CCC(C(C)(C)CC)CC2. The maximum Gasteiger partial charge on any atom is 0.275 e. The Bertz CT molecular complexity index is 1440. The topological polar surface area (TPSA) is 116 Å². The van der Waals surface area contributed by atoms with E-state index >= 15 is 0 Å². The largest absolute Gasteiger partial charge is 0.345 e. The summed E-state index contributed by atoms with van der Waals surface area (Å²) in [5, 5.41) is 17.1. The molecular weight excluding hydrogens is 562 g/mol. The standard InChI is InChI=1S/C33H42ClN7O2/c1-5-7-11-27(22-12-14-23(15-13-22)30(42)35-21-28-37-39-40-38-28)41-31(43)29(24-9-8-10-26(34)20-24)36-33(41)18-16-25(17-19-33)32(3,4)6-2/h8-10,12-15,20,25,27H,5-7,11,16-19,21H2,1-4H3,(H,35,42)(H,37,38,39,40)/t25?,27-,33?/m1/s1. The fourth-order valence-electron chi connectivity index (χ4n) is 6.59. The number of amides is 2. The van der Waals surface area contributed by atoms with Crippen molar-refractivity contribution in [2.24, 2.45) is 16.3 Å². The lowest BCUT2D eigenvalue weighted by molar-refractivity contribution is -0.133. The van der Waals surface area contributed by atoms with Gasteiger partial charge in [0.1, 0.15) is 11.4 Å². The molecule has 1 atom stereocenters. The number of aromatic amines is 1. The summed E-state index contributed by atoms with van der Waals surface area (Å²) < 4.78 is 0. The predicted molar refractivity (Wildman–Crippen MR) is 168 cm³/mol. The average molecular weight is 604 g/mol. The van der Waals surface area contributed by atoms with Gasteiger partial charge in [0.2, 0.25) is 0 Å². The molecule has 3 aromatic rings. The molecule has 2 heterocycles. The molecule has 43 heavy (non-hydrogen) atoms. The summed E-state index contributed by atoms with van der Waals surface area (Å²) in [5.74, 6) is 0.733. The van der Waals surface area contributed by atoms with Crippen LogP contribution in [0, 0.1) is 11.3 Å². The van der Waals surface area contributed by atoms with Gasteiger partial charge >= 0.3 is 0 Å². The molecule has 0 saturated heterocycles. The summed E-state index contributed by atoms with van der Waals surface area (Å²) in [6, 6.07) is 14.9. The summed E-state index contributed by atoms with van der Waals surface area (Å²) in [6.45, 7) is 9.33. The van der Waals surface area contributed by atoms with Crippen LogP contribution in [-0.2, 0) is 11.3 Å². The Morgan fingerprint density at radius 3 is 2.53 bits per heavy atom. The maximum absolute atomic E-state index is 14.4. The van der Waals surface area contributed by atoms with E-state index in [-0.39, 0.29) is 29.8 Å². The molecule has 2 N–H and O–H groups in total. The highest BCUT2D eigenvalue weighted by Gasteiger charge is 2.52. The second-order valence-electron chi connectivity index (χ2n) is 12.5. The zero-order valence-corrected chi connectivity index (χ0v) is 26.3. The van der Waals surface area contributed by atoms with E-state index < -0.39 is 5.66 Å². The first kappa shape index (κ1) is 30.9. The van der Waals surface area contributed by atoms with E-state index in [1.807, 2.05) is 48.5 Å². The number of hydrogen-bond acceptors (Lipinski definition) is 6. The van der Waals surface area contributed by atoms with Crippen LogP contribution in [0.4, 0.5) is 0 Å². The quantitative estimate of drug-likeness (QED) is 0.254. The minimum atomic E-state index is -0.603. The van der Waals surface area contributed by atoms with Crippen LogP contribution >= 0.6 is 11.6 Å². The molecule has 2 aromatic carbocycles. The molecular formula is C33H42ClN7O2. The number of carbonyl (C=O) groups excluding carboxylic acids is 2. The van der Waals surface area contributed by atoms with Gasteiger partial charge in [0.05, 0.1) is 12.6 Å². The number of benzene rings is 2. The first-order valence-electron chi connectivity index (χ1n) is 15.5. The van der Waals surface area contributed by atoms with Gasteiger partial charge in [-0.25, -0.2) is 0 Å². The third-order valence-electron chi connectivity index (χ3n) is 9.59. The molecule has 2 amide bonds. The Morgan fingerprint density at radius 1 is 1.16 bits per heavy atom. The first-order chi connectivity index (χ1) is 20.7. The van der Waals surface area contributed by atoms with E-state index in [0.29, 0.717) is 28.0 Å². The molecule has 1 aliphatic carbocycles. The molecule has 2 aliphatic rings. The van der Waals surface area contributed by atoms with Crippen molar-refractivity contribution in [3.8, 4) is 0 Å². The Kier molecular flexibility index (Phi) is 9.30. The number of unbranched alkanes of at least 4 members (excludes halogenated alkanes) is 1. The lowest BCUT2D eigenvalue weighted by Crippen LogP contribution is -2.51. The number of nitrogens with zero attached hydrogens (tertiary/aromatic N) is 5. The monoisotopic (exact) mass is 603 g/mol. The molecule has 1 fully saturated rings. The number of carbonyl (C=O) groups is 2. The normalized spacial score (nSPS) is 21.2. The van der Waals surface area contributed by atoms with Crippen LogP contribution in [0.2, 0.25) is 5.02 Å². The number of aliphatic imine (C=N–C) groups is 1. The highest BCUT2D eigenvalue weighted by atomic mass is 35.5. The zero-order chi connectivity index (χ0) is 30.6. The fraction of sp³-hybridized carbons (Fsp3) is 0.515. The molecule has 0 bridgehead atoms. The molecule has 1 aromatic heterocycles. The maximum atomic E-state index is 14.4. The number of hydrogen-bond donors (Lipinski definition) is 2. The van der Waals surface area contributed by atoms with Gasteiger partial charge in [0.25, 0.3) is 11.8 Å². The third-order valence-corrected chi connectivity index (χ3v) is 9.82. The predicted octanol–water partition coefficient (Wildman–Crippen LogP) is 6.67. The Morgan fingerprint density at radius 2 is 1.91 bits per heavy atom. The lowest BCUT2D eigenvalue weighted by Gasteiger charge is -2.48. The van der Waals surface area contributed by atoms with Gasteiger partial charge in [-0.2, -0.15) is 5.21 Å². The summed E-state index contributed by atoms with van der Waals surface area (Å²) in [4.78, 5) is 34.6.